The number of benzene rings is 1. The largest absolute Gasteiger partial charge is 0.489 e. The number of rotatable bonds is 7. The van der Waals surface area contributed by atoms with Gasteiger partial charge < -0.3 is 20.1 Å². The van der Waals surface area contributed by atoms with Crippen LogP contribution in [0.1, 0.15) is 18.4 Å². The SMILES string of the molecule is O=C(NCC(O)COc1cccc(Cl)c1Cl)C1CCCN(c2ncccc2C(F)(F)F)C1. The molecule has 1 aromatic carbocycles. The molecule has 1 aliphatic heterocycles. The summed E-state index contributed by atoms with van der Waals surface area (Å²) < 4.78 is 45.4. The zero-order valence-corrected chi connectivity index (χ0v) is 18.4. The Labute approximate surface area is 193 Å². The van der Waals surface area contributed by atoms with Crippen molar-refractivity contribution in [2.24, 2.45) is 5.92 Å². The number of ether oxygens (including phenoxy) is 1. The fourth-order valence-electron chi connectivity index (χ4n) is 3.46. The molecule has 6 nitrogen and oxygen atoms in total. The number of aromatic nitrogens is 1. The number of alkyl halides is 3. The summed E-state index contributed by atoms with van der Waals surface area (Å²) in [5, 5.41) is 13.3. The summed E-state index contributed by atoms with van der Waals surface area (Å²) in [4.78, 5) is 17.9. The van der Waals surface area contributed by atoms with Gasteiger partial charge in [-0.25, -0.2) is 4.98 Å². The maximum atomic E-state index is 13.3. The molecule has 1 fully saturated rings. The Bertz CT molecular complexity index is 946. The highest BCUT2D eigenvalue weighted by atomic mass is 35.5. The number of carbonyl (C=O) groups excluding carboxylic acids is 1. The lowest BCUT2D eigenvalue weighted by atomic mass is 9.96. The number of anilines is 1. The van der Waals surface area contributed by atoms with Gasteiger partial charge in [0.1, 0.15) is 29.3 Å². The standard InChI is InChI=1S/C21H22Cl2F3N3O3/c22-16-6-1-7-17(18(16)23)32-12-14(30)10-28-20(31)13-4-3-9-29(11-13)19-15(21(24,25)26)5-2-8-27-19/h1-2,5-8,13-14,30H,3-4,9-12H2,(H,28,31). The summed E-state index contributed by atoms with van der Waals surface area (Å²) in [5.41, 5.74) is -0.826. The van der Waals surface area contributed by atoms with E-state index >= 15 is 0 Å². The highest BCUT2D eigenvalue weighted by Crippen LogP contribution is 2.36. The third kappa shape index (κ3) is 6.17. The Hall–Kier alpha value is -2.23. The van der Waals surface area contributed by atoms with Crippen LogP contribution in [0.4, 0.5) is 19.0 Å². The van der Waals surface area contributed by atoms with Crippen molar-refractivity contribution in [3.05, 3.63) is 52.1 Å². The van der Waals surface area contributed by atoms with Crippen LogP contribution in [0.15, 0.2) is 36.5 Å². The number of nitrogens with one attached hydrogen (secondary N) is 1. The van der Waals surface area contributed by atoms with Crippen LogP contribution >= 0.6 is 23.2 Å². The average Bonchev–Trinajstić information content (AvgIpc) is 2.78. The van der Waals surface area contributed by atoms with Crippen LogP contribution < -0.4 is 15.0 Å². The number of pyridine rings is 1. The lowest BCUT2D eigenvalue weighted by Crippen LogP contribution is -2.46. The van der Waals surface area contributed by atoms with Gasteiger partial charge in [-0.05, 0) is 37.1 Å². The Morgan fingerprint density at radius 1 is 1.31 bits per heavy atom. The molecule has 32 heavy (non-hydrogen) atoms. The summed E-state index contributed by atoms with van der Waals surface area (Å²) in [6, 6.07) is 7.07. The molecule has 174 valence electrons. The molecule has 2 heterocycles. The molecule has 0 aliphatic carbocycles. The molecule has 2 unspecified atom stereocenters. The minimum atomic E-state index is -4.53. The van der Waals surface area contributed by atoms with Gasteiger partial charge in [-0.1, -0.05) is 29.3 Å². The number of hydrogen-bond donors (Lipinski definition) is 2. The second-order valence-electron chi connectivity index (χ2n) is 7.42. The lowest BCUT2D eigenvalue weighted by molar-refractivity contribution is -0.137. The maximum absolute atomic E-state index is 13.3. The van der Waals surface area contributed by atoms with Crippen LogP contribution in [0.3, 0.4) is 0 Å². The minimum Gasteiger partial charge on any atom is -0.489 e. The first-order valence-electron chi connectivity index (χ1n) is 9.96. The number of piperidine rings is 1. The highest BCUT2D eigenvalue weighted by Gasteiger charge is 2.37. The predicted octanol–water partition coefficient (Wildman–Crippen LogP) is 4.18. The van der Waals surface area contributed by atoms with Crippen LogP contribution in [0.5, 0.6) is 5.75 Å². The molecule has 2 atom stereocenters. The van der Waals surface area contributed by atoms with Crippen molar-refractivity contribution in [2.75, 3.05) is 31.1 Å². The van der Waals surface area contributed by atoms with E-state index in [0.29, 0.717) is 30.2 Å². The van der Waals surface area contributed by atoms with Gasteiger partial charge >= 0.3 is 6.18 Å². The Kier molecular flexibility index (Phi) is 8.08. The van der Waals surface area contributed by atoms with Gasteiger partial charge in [0.15, 0.2) is 0 Å². The van der Waals surface area contributed by atoms with E-state index < -0.39 is 23.8 Å². The van der Waals surface area contributed by atoms with E-state index in [1.165, 1.54) is 17.2 Å². The number of amides is 1. The van der Waals surface area contributed by atoms with E-state index in [4.69, 9.17) is 27.9 Å². The van der Waals surface area contributed by atoms with Crippen molar-refractivity contribution < 1.29 is 27.8 Å². The Morgan fingerprint density at radius 2 is 2.09 bits per heavy atom. The summed E-state index contributed by atoms with van der Waals surface area (Å²) in [7, 11) is 0. The molecule has 0 bridgehead atoms. The Balaban J connectivity index is 1.53. The quantitative estimate of drug-likeness (QED) is 0.607. The average molecular weight is 492 g/mol. The number of carbonyl (C=O) groups is 1. The van der Waals surface area contributed by atoms with E-state index in [0.717, 1.165) is 6.07 Å². The van der Waals surface area contributed by atoms with E-state index in [2.05, 4.69) is 10.3 Å². The van der Waals surface area contributed by atoms with Crippen molar-refractivity contribution in [3.8, 4) is 5.75 Å². The van der Waals surface area contributed by atoms with Crippen LogP contribution in [0, 0.1) is 5.92 Å². The first-order valence-corrected chi connectivity index (χ1v) is 10.7. The molecule has 2 N–H and O–H groups in total. The number of halogens is 5. The summed E-state index contributed by atoms with van der Waals surface area (Å²) >= 11 is 11.9. The molecule has 1 aromatic heterocycles. The maximum Gasteiger partial charge on any atom is 0.419 e. The smallest absolute Gasteiger partial charge is 0.419 e. The summed E-state index contributed by atoms with van der Waals surface area (Å²) in [5.74, 6) is -0.742. The van der Waals surface area contributed by atoms with Gasteiger partial charge in [-0.3, -0.25) is 4.79 Å². The number of aliphatic hydroxyl groups is 1. The van der Waals surface area contributed by atoms with Crippen molar-refractivity contribution in [3.63, 3.8) is 0 Å². The van der Waals surface area contributed by atoms with Gasteiger partial charge in [0.2, 0.25) is 5.91 Å². The van der Waals surface area contributed by atoms with Gasteiger partial charge in [-0.15, -0.1) is 0 Å². The molecule has 1 aliphatic rings. The van der Waals surface area contributed by atoms with Gasteiger partial charge in [-0.2, -0.15) is 13.2 Å². The monoisotopic (exact) mass is 491 g/mol. The molecule has 3 rings (SSSR count). The lowest BCUT2D eigenvalue weighted by Gasteiger charge is -2.34. The van der Waals surface area contributed by atoms with Crippen molar-refractivity contribution >= 4 is 34.9 Å². The zero-order chi connectivity index (χ0) is 23.3. The number of nitrogens with zero attached hydrogens (tertiary/aromatic N) is 2. The predicted molar refractivity (Wildman–Crippen MR) is 115 cm³/mol. The first-order chi connectivity index (χ1) is 15.2. The third-order valence-corrected chi connectivity index (χ3v) is 5.84. The fourth-order valence-corrected chi connectivity index (χ4v) is 3.80. The van der Waals surface area contributed by atoms with Gasteiger partial charge in [0.25, 0.3) is 0 Å². The normalized spacial score (nSPS) is 17.7. The van der Waals surface area contributed by atoms with E-state index in [1.807, 2.05) is 0 Å². The van der Waals surface area contributed by atoms with E-state index in [-0.39, 0.29) is 36.4 Å². The van der Waals surface area contributed by atoms with Crippen molar-refractivity contribution in [2.45, 2.75) is 25.1 Å². The Morgan fingerprint density at radius 3 is 2.84 bits per heavy atom. The topological polar surface area (TPSA) is 74.7 Å². The second-order valence-corrected chi connectivity index (χ2v) is 8.20. The minimum absolute atomic E-state index is 0.0785. The third-order valence-electron chi connectivity index (χ3n) is 5.04. The molecule has 1 saturated heterocycles. The summed E-state index contributed by atoms with van der Waals surface area (Å²) in [6.07, 6.45) is -3.17. The van der Waals surface area contributed by atoms with Crippen molar-refractivity contribution in [1.29, 1.82) is 0 Å². The van der Waals surface area contributed by atoms with Crippen molar-refractivity contribution in [1.82, 2.24) is 10.3 Å². The second kappa shape index (κ2) is 10.6. The molecule has 0 spiro atoms. The molecule has 0 radical (unpaired) electrons. The number of hydrogen-bond acceptors (Lipinski definition) is 5. The van der Waals surface area contributed by atoms with E-state index in [1.54, 1.807) is 18.2 Å². The van der Waals surface area contributed by atoms with E-state index in [9.17, 15) is 23.1 Å². The molecule has 11 heteroatoms. The highest BCUT2D eigenvalue weighted by molar-refractivity contribution is 6.42. The molecule has 2 aromatic rings. The zero-order valence-electron chi connectivity index (χ0n) is 16.9. The molecule has 1 amide bonds. The molecule has 0 saturated carbocycles. The molecular weight excluding hydrogens is 470 g/mol. The van der Waals surface area contributed by atoms with Gasteiger partial charge in [0.05, 0.1) is 16.5 Å². The van der Waals surface area contributed by atoms with Gasteiger partial charge in [0, 0.05) is 25.8 Å². The van der Waals surface area contributed by atoms with Crippen LogP contribution in [0.2, 0.25) is 10.0 Å². The van der Waals surface area contributed by atoms with Crippen LogP contribution in [-0.4, -0.2) is 48.3 Å². The number of aliphatic hydroxyl groups excluding tert-OH is 1. The van der Waals surface area contributed by atoms with Crippen LogP contribution in [0.25, 0.3) is 0 Å². The fraction of sp³-hybridized carbons (Fsp3) is 0.429. The summed E-state index contributed by atoms with van der Waals surface area (Å²) in [6.45, 7) is 0.280. The first kappa shape index (κ1) is 24.4. The molecular formula is C21H22Cl2F3N3O3. The van der Waals surface area contributed by atoms with Crippen LogP contribution in [-0.2, 0) is 11.0 Å².